The van der Waals surface area contributed by atoms with Gasteiger partial charge in [-0.3, -0.25) is 0 Å². The summed E-state index contributed by atoms with van der Waals surface area (Å²) in [4.78, 5) is 0.306. The van der Waals surface area contributed by atoms with Gasteiger partial charge in [-0.15, -0.1) is 0 Å². The summed E-state index contributed by atoms with van der Waals surface area (Å²) < 4.78 is 26.6. The molecular weight excluding hydrogens is 386 g/mol. The second kappa shape index (κ2) is 5.96. The smallest absolute Gasteiger partial charge is 0.182 e. The van der Waals surface area contributed by atoms with Crippen molar-refractivity contribution in [1.29, 1.82) is 0 Å². The maximum atomic E-state index is 12.8. The Morgan fingerprint density at radius 3 is 2.18 bits per heavy atom. The molecule has 0 unspecified atom stereocenters. The van der Waals surface area contributed by atoms with Crippen LogP contribution in [0.3, 0.4) is 0 Å². The second-order valence-electron chi connectivity index (χ2n) is 5.44. The molecule has 2 aromatic carbocycles. The van der Waals surface area contributed by atoms with Crippen molar-refractivity contribution in [1.82, 2.24) is 0 Å². The van der Waals surface area contributed by atoms with Crippen molar-refractivity contribution < 1.29 is 8.42 Å². The number of nitrogens with two attached hydrogens (primary N) is 1. The minimum absolute atomic E-state index is 0.0400. The van der Waals surface area contributed by atoms with E-state index in [1.54, 1.807) is 24.3 Å². The molecule has 0 saturated heterocycles. The number of hydrogen-bond donors (Lipinski definition) is 1. The van der Waals surface area contributed by atoms with Gasteiger partial charge in [-0.05, 0) is 54.4 Å². The van der Waals surface area contributed by atoms with E-state index in [0.29, 0.717) is 16.5 Å². The van der Waals surface area contributed by atoms with Crippen LogP contribution in [0.5, 0.6) is 0 Å². The highest BCUT2D eigenvalue weighted by atomic mass is 79.9. The van der Waals surface area contributed by atoms with Crippen LogP contribution >= 0.6 is 27.5 Å². The van der Waals surface area contributed by atoms with E-state index in [2.05, 4.69) is 15.9 Å². The van der Waals surface area contributed by atoms with E-state index in [9.17, 15) is 8.42 Å². The SMILES string of the molecule is NC[C@@H]1[C@@H](c2ccc(Br)cc2)[C@H]1S(=O)(=O)c1ccc(Cl)cc1. The standard InChI is InChI=1S/C16H15BrClNO2S/c17-11-3-1-10(2-4-11)15-14(9-19)16(15)22(20,21)13-7-5-12(18)6-8-13/h1-8,14-16H,9,19H2/t14-,15-,16+/m1/s1. The van der Waals surface area contributed by atoms with E-state index in [1.807, 2.05) is 24.3 Å². The number of sulfone groups is 1. The first-order chi connectivity index (χ1) is 10.4. The highest BCUT2D eigenvalue weighted by Crippen LogP contribution is 2.53. The molecule has 1 aliphatic carbocycles. The molecule has 6 heteroatoms. The fourth-order valence-electron chi connectivity index (χ4n) is 2.95. The van der Waals surface area contributed by atoms with Crippen LogP contribution in [0.4, 0.5) is 0 Å². The third kappa shape index (κ3) is 2.83. The molecule has 0 aromatic heterocycles. The van der Waals surface area contributed by atoms with Crippen molar-refractivity contribution in [3.8, 4) is 0 Å². The van der Waals surface area contributed by atoms with Crippen LogP contribution in [-0.2, 0) is 9.84 Å². The van der Waals surface area contributed by atoms with Crippen LogP contribution in [0, 0.1) is 5.92 Å². The molecule has 0 radical (unpaired) electrons. The molecule has 0 bridgehead atoms. The van der Waals surface area contributed by atoms with Crippen molar-refractivity contribution in [2.75, 3.05) is 6.54 Å². The molecule has 116 valence electrons. The number of halogens is 2. The van der Waals surface area contributed by atoms with Gasteiger partial charge >= 0.3 is 0 Å². The van der Waals surface area contributed by atoms with E-state index in [1.165, 1.54) is 0 Å². The topological polar surface area (TPSA) is 60.2 Å². The van der Waals surface area contributed by atoms with Gasteiger partial charge in [-0.1, -0.05) is 39.7 Å². The molecule has 3 atom stereocenters. The lowest BCUT2D eigenvalue weighted by Crippen LogP contribution is -2.13. The highest BCUT2D eigenvalue weighted by Gasteiger charge is 2.57. The number of rotatable bonds is 4. The minimum atomic E-state index is -3.40. The summed E-state index contributed by atoms with van der Waals surface area (Å²) >= 11 is 9.22. The van der Waals surface area contributed by atoms with Crippen LogP contribution in [0.25, 0.3) is 0 Å². The Bertz CT molecular complexity index is 775. The summed E-state index contributed by atoms with van der Waals surface area (Å²) in [6.07, 6.45) is 0. The molecule has 0 spiro atoms. The molecule has 3 rings (SSSR count). The molecule has 3 nitrogen and oxygen atoms in total. The van der Waals surface area contributed by atoms with E-state index >= 15 is 0 Å². The molecule has 2 aromatic rings. The van der Waals surface area contributed by atoms with Gasteiger partial charge in [0.15, 0.2) is 9.84 Å². The van der Waals surface area contributed by atoms with Crippen LogP contribution < -0.4 is 5.73 Å². The van der Waals surface area contributed by atoms with Crippen LogP contribution in [0.15, 0.2) is 57.9 Å². The van der Waals surface area contributed by atoms with Gasteiger partial charge < -0.3 is 5.73 Å². The van der Waals surface area contributed by atoms with Crippen molar-refractivity contribution in [2.24, 2.45) is 11.7 Å². The molecule has 1 fully saturated rings. The largest absolute Gasteiger partial charge is 0.330 e. The normalized spacial score (nSPS) is 24.2. The molecule has 1 saturated carbocycles. The summed E-state index contributed by atoms with van der Waals surface area (Å²) in [6.45, 7) is 0.359. The maximum absolute atomic E-state index is 12.8. The van der Waals surface area contributed by atoms with Crippen molar-refractivity contribution >= 4 is 37.4 Å². The number of hydrogen-bond acceptors (Lipinski definition) is 3. The van der Waals surface area contributed by atoms with Gasteiger partial charge in [0.1, 0.15) is 0 Å². The highest BCUT2D eigenvalue weighted by molar-refractivity contribution is 9.10. The fraction of sp³-hybridized carbons (Fsp3) is 0.250. The monoisotopic (exact) mass is 399 g/mol. The third-order valence-corrected chi connectivity index (χ3v) is 7.19. The Morgan fingerprint density at radius 1 is 1.05 bits per heavy atom. The lowest BCUT2D eigenvalue weighted by Gasteiger charge is -2.05. The molecular formula is C16H15BrClNO2S. The Hall–Kier alpha value is -0.880. The Kier molecular flexibility index (Phi) is 4.34. The summed E-state index contributed by atoms with van der Waals surface area (Å²) in [6, 6.07) is 14.1. The zero-order valence-corrected chi connectivity index (χ0v) is 14.8. The van der Waals surface area contributed by atoms with Gasteiger partial charge in [-0.25, -0.2) is 8.42 Å². The number of benzene rings is 2. The molecule has 0 amide bonds. The summed E-state index contributed by atoms with van der Waals surface area (Å²) in [5.74, 6) is -0.0827. The predicted molar refractivity (Wildman–Crippen MR) is 91.9 cm³/mol. The van der Waals surface area contributed by atoms with Crippen molar-refractivity contribution in [3.63, 3.8) is 0 Å². The van der Waals surface area contributed by atoms with E-state index in [-0.39, 0.29) is 11.8 Å². The quantitative estimate of drug-likeness (QED) is 0.852. The first kappa shape index (κ1) is 16.0. The first-order valence-electron chi connectivity index (χ1n) is 6.90. The summed E-state index contributed by atoms with van der Waals surface area (Å²) in [7, 11) is -3.40. The van der Waals surface area contributed by atoms with E-state index in [4.69, 9.17) is 17.3 Å². The Balaban J connectivity index is 1.93. The lowest BCUT2D eigenvalue weighted by molar-refractivity contribution is 0.591. The lowest BCUT2D eigenvalue weighted by atomic mass is 10.1. The van der Waals surface area contributed by atoms with Crippen molar-refractivity contribution in [2.45, 2.75) is 16.1 Å². The van der Waals surface area contributed by atoms with Crippen LogP contribution in [0.2, 0.25) is 5.02 Å². The van der Waals surface area contributed by atoms with Crippen LogP contribution in [-0.4, -0.2) is 20.2 Å². The second-order valence-corrected chi connectivity index (χ2v) is 8.90. The Morgan fingerprint density at radius 2 is 1.64 bits per heavy atom. The fourth-order valence-corrected chi connectivity index (χ4v) is 5.56. The first-order valence-corrected chi connectivity index (χ1v) is 9.62. The van der Waals surface area contributed by atoms with E-state index < -0.39 is 15.1 Å². The van der Waals surface area contributed by atoms with Gasteiger partial charge in [0.05, 0.1) is 10.1 Å². The molecule has 2 N–H and O–H groups in total. The summed E-state index contributed by atoms with van der Waals surface area (Å²) in [5, 5.41) is 0.0643. The zero-order chi connectivity index (χ0) is 15.9. The molecule has 0 heterocycles. The predicted octanol–water partition coefficient (Wildman–Crippen LogP) is 3.62. The average molecular weight is 401 g/mol. The van der Waals surface area contributed by atoms with Crippen molar-refractivity contribution in [3.05, 3.63) is 63.6 Å². The average Bonchev–Trinajstić information content (AvgIpc) is 3.24. The Labute approximate surface area is 143 Å². The molecule has 22 heavy (non-hydrogen) atoms. The molecule has 1 aliphatic rings. The zero-order valence-electron chi connectivity index (χ0n) is 11.6. The summed E-state index contributed by atoms with van der Waals surface area (Å²) in [5.41, 5.74) is 6.80. The van der Waals surface area contributed by atoms with Gasteiger partial charge in [0, 0.05) is 15.4 Å². The molecule has 0 aliphatic heterocycles. The van der Waals surface area contributed by atoms with Gasteiger partial charge in [0.2, 0.25) is 0 Å². The van der Waals surface area contributed by atoms with Gasteiger partial charge in [0.25, 0.3) is 0 Å². The maximum Gasteiger partial charge on any atom is 0.182 e. The van der Waals surface area contributed by atoms with Crippen LogP contribution in [0.1, 0.15) is 11.5 Å². The van der Waals surface area contributed by atoms with Gasteiger partial charge in [-0.2, -0.15) is 0 Å². The van der Waals surface area contributed by atoms with E-state index in [0.717, 1.165) is 10.0 Å². The minimum Gasteiger partial charge on any atom is -0.330 e. The third-order valence-electron chi connectivity index (χ3n) is 4.12.